The van der Waals surface area contributed by atoms with Gasteiger partial charge in [0.2, 0.25) is 5.75 Å². The Hall–Kier alpha value is -2.59. The van der Waals surface area contributed by atoms with Gasteiger partial charge in [0.15, 0.2) is 11.2 Å². The average molecular weight is 436 g/mol. The van der Waals surface area contributed by atoms with Crippen molar-refractivity contribution >= 4 is 21.9 Å². The van der Waals surface area contributed by atoms with Gasteiger partial charge in [-0.2, -0.15) is 0 Å². The second-order valence-electron chi connectivity index (χ2n) is 8.43. The molecule has 9 nitrogen and oxygen atoms in total. The highest BCUT2D eigenvalue weighted by molar-refractivity contribution is 6.06. The topological polar surface area (TPSA) is 132 Å². The van der Waals surface area contributed by atoms with Gasteiger partial charge in [-0.1, -0.05) is 0 Å². The Morgan fingerprint density at radius 1 is 0.935 bits per heavy atom. The first kappa shape index (κ1) is 23.1. The fraction of sp³-hybridized carbons (Fsp3) is 0.500. The summed E-state index contributed by atoms with van der Waals surface area (Å²) in [6.45, 7) is 6.00. The SMILES string of the molecule is COC(C)(C)[C@H](O)COc1c2ccoc2c(OC[C@H](O)C(C)(C)O)c2oc(=O)ccc12. The largest absolute Gasteiger partial charge is 0.489 e. The number of methoxy groups -OCH3 is 1. The molecule has 3 aromatic rings. The number of furan rings is 1. The van der Waals surface area contributed by atoms with Crippen LogP contribution in [0, 0.1) is 0 Å². The Kier molecular flexibility index (Phi) is 6.33. The van der Waals surface area contributed by atoms with Crippen LogP contribution >= 0.6 is 0 Å². The lowest BCUT2D eigenvalue weighted by molar-refractivity contribution is -0.0912. The first-order chi connectivity index (χ1) is 14.5. The molecule has 3 N–H and O–H groups in total. The second kappa shape index (κ2) is 8.51. The number of hydrogen-bond donors (Lipinski definition) is 3. The molecule has 2 aromatic heterocycles. The average Bonchev–Trinajstić information content (AvgIpc) is 3.18. The molecule has 0 saturated heterocycles. The van der Waals surface area contributed by atoms with E-state index in [-0.39, 0.29) is 30.1 Å². The molecule has 0 spiro atoms. The van der Waals surface area contributed by atoms with Gasteiger partial charge in [-0.05, 0) is 39.8 Å². The van der Waals surface area contributed by atoms with E-state index in [4.69, 9.17) is 23.0 Å². The highest BCUT2D eigenvalue weighted by Crippen LogP contribution is 2.43. The molecule has 31 heavy (non-hydrogen) atoms. The minimum Gasteiger partial charge on any atom is -0.489 e. The third-order valence-corrected chi connectivity index (χ3v) is 5.32. The molecule has 0 aliphatic heterocycles. The monoisotopic (exact) mass is 436 g/mol. The molecule has 170 valence electrons. The lowest BCUT2D eigenvalue weighted by atomic mass is 10.0. The number of ether oxygens (including phenoxy) is 3. The predicted molar refractivity (Wildman–Crippen MR) is 113 cm³/mol. The van der Waals surface area contributed by atoms with Crippen molar-refractivity contribution in [2.45, 2.75) is 51.1 Å². The molecule has 3 rings (SSSR count). The molecular formula is C22H28O9. The van der Waals surface area contributed by atoms with Crippen molar-refractivity contribution in [3.05, 3.63) is 34.9 Å². The highest BCUT2D eigenvalue weighted by Gasteiger charge is 2.30. The summed E-state index contributed by atoms with van der Waals surface area (Å²) in [6.07, 6.45) is -0.725. The molecule has 0 bridgehead atoms. The molecule has 0 fully saturated rings. The van der Waals surface area contributed by atoms with Gasteiger partial charge in [0.1, 0.15) is 31.2 Å². The summed E-state index contributed by atoms with van der Waals surface area (Å²) in [5, 5.41) is 31.5. The van der Waals surface area contributed by atoms with Gasteiger partial charge < -0.3 is 38.4 Å². The summed E-state index contributed by atoms with van der Waals surface area (Å²) < 4.78 is 27.9. The Bertz CT molecular complexity index is 1100. The van der Waals surface area contributed by atoms with Gasteiger partial charge in [-0.15, -0.1) is 0 Å². The molecule has 0 aliphatic rings. The molecule has 0 amide bonds. The Morgan fingerprint density at radius 3 is 2.19 bits per heavy atom. The maximum absolute atomic E-state index is 11.9. The molecule has 0 aliphatic carbocycles. The van der Waals surface area contributed by atoms with Crippen LogP contribution in [0.1, 0.15) is 27.7 Å². The van der Waals surface area contributed by atoms with Crippen molar-refractivity contribution in [1.82, 2.24) is 0 Å². The zero-order valence-corrected chi connectivity index (χ0v) is 18.2. The van der Waals surface area contributed by atoms with Crippen molar-refractivity contribution in [2.75, 3.05) is 20.3 Å². The number of benzene rings is 1. The van der Waals surface area contributed by atoms with Crippen LogP contribution in [0.4, 0.5) is 0 Å². The van der Waals surface area contributed by atoms with Crippen LogP contribution in [-0.4, -0.2) is 59.1 Å². The summed E-state index contributed by atoms with van der Waals surface area (Å²) in [4.78, 5) is 11.9. The van der Waals surface area contributed by atoms with Crippen molar-refractivity contribution < 1.29 is 38.4 Å². The Labute approximate surface area is 178 Å². The first-order valence-corrected chi connectivity index (χ1v) is 9.82. The van der Waals surface area contributed by atoms with Crippen LogP contribution < -0.4 is 15.1 Å². The van der Waals surface area contributed by atoms with Gasteiger partial charge in [0, 0.05) is 13.2 Å². The van der Waals surface area contributed by atoms with Crippen molar-refractivity contribution in [1.29, 1.82) is 0 Å². The van der Waals surface area contributed by atoms with E-state index in [2.05, 4.69) is 0 Å². The van der Waals surface area contributed by atoms with Crippen molar-refractivity contribution in [3.8, 4) is 11.5 Å². The molecule has 0 saturated carbocycles. The lowest BCUT2D eigenvalue weighted by Crippen LogP contribution is -2.42. The van der Waals surface area contributed by atoms with E-state index in [9.17, 15) is 20.1 Å². The van der Waals surface area contributed by atoms with Crippen LogP contribution in [0.2, 0.25) is 0 Å². The minimum absolute atomic E-state index is 0.0633. The van der Waals surface area contributed by atoms with Crippen LogP contribution in [0.3, 0.4) is 0 Å². The smallest absolute Gasteiger partial charge is 0.336 e. The fourth-order valence-electron chi connectivity index (χ4n) is 2.83. The van der Waals surface area contributed by atoms with E-state index in [0.29, 0.717) is 16.5 Å². The maximum Gasteiger partial charge on any atom is 0.336 e. The van der Waals surface area contributed by atoms with E-state index >= 15 is 0 Å². The van der Waals surface area contributed by atoms with Crippen molar-refractivity contribution in [2.24, 2.45) is 0 Å². The van der Waals surface area contributed by atoms with E-state index in [1.54, 1.807) is 19.9 Å². The molecule has 9 heteroatoms. The number of aliphatic hydroxyl groups is 3. The van der Waals surface area contributed by atoms with Crippen molar-refractivity contribution in [3.63, 3.8) is 0 Å². The summed E-state index contributed by atoms with van der Waals surface area (Å²) in [7, 11) is 1.50. The quantitative estimate of drug-likeness (QED) is 0.432. The third kappa shape index (κ3) is 4.69. The summed E-state index contributed by atoms with van der Waals surface area (Å²) in [5.41, 5.74) is -2.55. The summed E-state index contributed by atoms with van der Waals surface area (Å²) >= 11 is 0. The number of hydrogen-bond acceptors (Lipinski definition) is 9. The predicted octanol–water partition coefficient (Wildman–Crippen LogP) is 2.21. The van der Waals surface area contributed by atoms with Gasteiger partial charge in [0.05, 0.1) is 28.2 Å². The standard InChI is InChI=1S/C22H28O9/c1-21(2,26)14(23)10-30-20-18-13(8-9-28-18)17(12-6-7-16(25)31-19(12)20)29-11-15(24)22(3,4)27-5/h6-9,14-15,23-24,26H,10-11H2,1-5H3/t14-,15+/m0/s1. The number of fused-ring (bicyclic) bond motifs is 2. The van der Waals surface area contributed by atoms with Gasteiger partial charge >= 0.3 is 5.63 Å². The number of aliphatic hydroxyl groups excluding tert-OH is 2. The zero-order valence-electron chi connectivity index (χ0n) is 18.2. The lowest BCUT2D eigenvalue weighted by Gasteiger charge is -2.29. The number of rotatable bonds is 9. The van der Waals surface area contributed by atoms with Crippen LogP contribution in [0.5, 0.6) is 11.5 Å². The third-order valence-electron chi connectivity index (χ3n) is 5.32. The Balaban J connectivity index is 2.07. The fourth-order valence-corrected chi connectivity index (χ4v) is 2.83. The van der Waals surface area contributed by atoms with Gasteiger partial charge in [-0.25, -0.2) is 4.79 Å². The van der Waals surface area contributed by atoms with Gasteiger partial charge in [-0.3, -0.25) is 0 Å². The normalized spacial score (nSPS) is 14.7. The first-order valence-electron chi connectivity index (χ1n) is 9.82. The maximum atomic E-state index is 11.9. The summed E-state index contributed by atoms with van der Waals surface area (Å²) in [5.74, 6) is 0.435. The van der Waals surface area contributed by atoms with Crippen LogP contribution in [0.25, 0.3) is 21.9 Å². The minimum atomic E-state index is -1.40. The highest BCUT2D eigenvalue weighted by atomic mass is 16.5. The van der Waals surface area contributed by atoms with Crippen LogP contribution in [0.15, 0.2) is 38.1 Å². The zero-order chi connectivity index (χ0) is 23.0. The molecule has 2 atom stereocenters. The second-order valence-corrected chi connectivity index (χ2v) is 8.43. The molecular weight excluding hydrogens is 408 g/mol. The summed E-state index contributed by atoms with van der Waals surface area (Å²) in [6, 6.07) is 4.42. The van der Waals surface area contributed by atoms with E-state index in [1.807, 2.05) is 0 Å². The molecule has 2 heterocycles. The van der Waals surface area contributed by atoms with E-state index < -0.39 is 29.0 Å². The molecule has 0 unspecified atom stereocenters. The van der Waals surface area contributed by atoms with E-state index in [0.717, 1.165) is 0 Å². The van der Waals surface area contributed by atoms with Crippen LogP contribution in [-0.2, 0) is 4.74 Å². The van der Waals surface area contributed by atoms with E-state index in [1.165, 1.54) is 39.4 Å². The van der Waals surface area contributed by atoms with Gasteiger partial charge in [0.25, 0.3) is 0 Å². The molecule has 0 radical (unpaired) electrons. The molecule has 1 aromatic carbocycles. The Morgan fingerprint density at radius 2 is 1.55 bits per heavy atom.